The normalized spacial score (nSPS) is 30.8. The average Bonchev–Trinajstić information content (AvgIpc) is 3.56. The maximum atomic E-state index is 13.0. The third kappa shape index (κ3) is 11.5. The van der Waals surface area contributed by atoms with Crippen LogP contribution in [0.4, 0.5) is 11.4 Å². The van der Waals surface area contributed by atoms with E-state index in [0.717, 1.165) is 61.5 Å². The van der Waals surface area contributed by atoms with Crippen molar-refractivity contribution in [2.45, 2.75) is 194 Å². The summed E-state index contributed by atoms with van der Waals surface area (Å²) in [5, 5.41) is 3.28. The molecule has 0 radical (unpaired) electrons. The van der Waals surface area contributed by atoms with Crippen LogP contribution in [-0.4, -0.2) is 24.7 Å². The summed E-state index contributed by atoms with van der Waals surface area (Å²) in [4.78, 5) is 13.0. The average molecular weight is 798 g/mol. The van der Waals surface area contributed by atoms with Gasteiger partial charge in [0.1, 0.15) is 17.6 Å². The Kier molecular flexibility index (Phi) is 16.6. The number of unbranched alkanes of at least 4 members (excludes halogenated alkanes) is 13. The van der Waals surface area contributed by atoms with Crippen LogP contribution in [0, 0.1) is 46.3 Å². The Labute approximate surface area is 354 Å². The maximum absolute atomic E-state index is 13.0. The fraction of sp³-hybridized carbons (Fsp3) is 0.750. The molecule has 2 aromatic rings. The number of benzene rings is 2. The number of nitrogens with two attached hydrogens (primary N) is 2. The molecule has 0 bridgehead atoms. The zero-order valence-electron chi connectivity index (χ0n) is 37.3. The highest BCUT2D eigenvalue weighted by atomic mass is 16.5. The second-order valence-corrected chi connectivity index (χ2v) is 20.2. The number of ether oxygens (including phenoxy) is 2. The molecule has 3 unspecified atom stereocenters. The third-order valence-corrected chi connectivity index (χ3v) is 16.4. The monoisotopic (exact) mass is 798 g/mol. The summed E-state index contributed by atoms with van der Waals surface area (Å²) >= 11 is 0. The molecule has 1 amide bonds. The number of rotatable bonds is 23. The number of hydrogen-bond donors (Lipinski definition) is 3. The molecular formula is C52H83N3O3. The van der Waals surface area contributed by atoms with Crippen LogP contribution in [0.3, 0.4) is 0 Å². The van der Waals surface area contributed by atoms with Gasteiger partial charge in [-0.15, -0.1) is 0 Å². The number of carbonyl (C=O) groups excluding carboxylic acids is 1. The van der Waals surface area contributed by atoms with Crippen molar-refractivity contribution in [3.05, 3.63) is 48.5 Å². The number of nitrogen functional groups attached to an aromatic ring is 2. The first-order chi connectivity index (χ1) is 28.1. The molecule has 0 spiro atoms. The van der Waals surface area contributed by atoms with Gasteiger partial charge in [0, 0.05) is 42.4 Å². The van der Waals surface area contributed by atoms with E-state index in [1.165, 1.54) is 116 Å². The zero-order chi connectivity index (χ0) is 41.0. The van der Waals surface area contributed by atoms with Gasteiger partial charge < -0.3 is 26.3 Å². The molecule has 0 heterocycles. The van der Waals surface area contributed by atoms with E-state index in [2.05, 4.69) is 39.1 Å². The predicted octanol–water partition coefficient (Wildman–Crippen LogP) is 13.3. The Hall–Kier alpha value is -2.89. The van der Waals surface area contributed by atoms with E-state index < -0.39 is 0 Å². The van der Waals surface area contributed by atoms with E-state index in [-0.39, 0.29) is 23.5 Å². The van der Waals surface area contributed by atoms with Crippen molar-refractivity contribution < 1.29 is 14.3 Å². The molecule has 0 saturated heterocycles. The summed E-state index contributed by atoms with van der Waals surface area (Å²) in [6, 6.07) is 15.9. The van der Waals surface area contributed by atoms with Crippen molar-refractivity contribution in [2.24, 2.45) is 46.3 Å². The van der Waals surface area contributed by atoms with Crippen molar-refractivity contribution >= 4 is 17.3 Å². The van der Waals surface area contributed by atoms with Crippen LogP contribution in [0.5, 0.6) is 11.5 Å². The lowest BCUT2D eigenvalue weighted by Crippen LogP contribution is -2.59. The van der Waals surface area contributed by atoms with Crippen molar-refractivity contribution in [2.75, 3.05) is 18.0 Å². The fourth-order valence-electron chi connectivity index (χ4n) is 13.2. The van der Waals surface area contributed by atoms with Gasteiger partial charge in [0.05, 0.1) is 6.10 Å². The quantitative estimate of drug-likeness (QED) is 0.0768. The summed E-state index contributed by atoms with van der Waals surface area (Å²) in [5.41, 5.74) is 14.4. The Bertz CT molecular complexity index is 1550. The minimum atomic E-state index is 0.127. The van der Waals surface area contributed by atoms with Crippen LogP contribution in [0.1, 0.15) is 182 Å². The highest BCUT2D eigenvalue weighted by molar-refractivity contribution is 5.75. The third-order valence-electron chi connectivity index (χ3n) is 16.4. The number of anilines is 2. The number of nitrogens with one attached hydrogen (secondary N) is 1. The van der Waals surface area contributed by atoms with Gasteiger partial charge >= 0.3 is 0 Å². The molecule has 4 fully saturated rings. The van der Waals surface area contributed by atoms with Crippen LogP contribution in [0.25, 0.3) is 0 Å². The van der Waals surface area contributed by atoms with Gasteiger partial charge in [-0.2, -0.15) is 0 Å². The lowest BCUT2D eigenvalue weighted by atomic mass is 9.43. The molecule has 6 nitrogen and oxygen atoms in total. The smallest absolute Gasteiger partial charge is 0.220 e. The number of fused-ring (bicyclic) bond motifs is 5. The largest absolute Gasteiger partial charge is 0.490 e. The van der Waals surface area contributed by atoms with Crippen LogP contribution in [0.15, 0.2) is 48.5 Å². The van der Waals surface area contributed by atoms with Crippen LogP contribution in [-0.2, 0) is 4.79 Å². The first-order valence-corrected chi connectivity index (χ1v) is 24.4. The van der Waals surface area contributed by atoms with Gasteiger partial charge in [-0.05, 0) is 129 Å². The lowest BCUT2D eigenvalue weighted by Gasteiger charge is -2.63. The summed E-state index contributed by atoms with van der Waals surface area (Å²) < 4.78 is 13.7. The standard InChI is InChI=1S/C52H83N3O3/c1-5-6-7-8-9-10-11-12-13-14-15-16-17-18-33-55-50(56)28-25-38(2)45-26-27-46-44-37-49(58-42-24-20-22-40(54)35-42)48-36-43(57-41-23-19-21-39(53)34-41)29-31-52(48,4)47(44)30-32-51(45,46)3/h19-24,34-35,38,43-49H,5-18,25-33,36-37,53-54H2,1-4H3,(H,55,56)/t38-,43?,44+,45-,46+,47+,48?,49?,51-,52-/m1/s1. The Balaban J connectivity index is 0.963. The van der Waals surface area contributed by atoms with Gasteiger partial charge in [-0.25, -0.2) is 0 Å². The highest BCUT2D eigenvalue weighted by Gasteiger charge is 2.63. The molecular weight excluding hydrogens is 715 g/mol. The first-order valence-electron chi connectivity index (χ1n) is 24.4. The second-order valence-electron chi connectivity index (χ2n) is 20.2. The minimum absolute atomic E-state index is 0.127. The van der Waals surface area contributed by atoms with Crippen molar-refractivity contribution in [1.29, 1.82) is 0 Å². The number of amides is 1. The van der Waals surface area contributed by atoms with Crippen LogP contribution in [0.2, 0.25) is 0 Å². The predicted molar refractivity (Wildman–Crippen MR) is 243 cm³/mol. The summed E-state index contributed by atoms with van der Waals surface area (Å²) in [5.74, 6) is 5.75. The lowest BCUT2D eigenvalue weighted by molar-refractivity contribution is -0.164. The van der Waals surface area contributed by atoms with Gasteiger partial charge in [-0.1, -0.05) is 123 Å². The Morgan fingerprint density at radius 1 is 0.707 bits per heavy atom. The first kappa shape index (κ1) is 44.7. The van der Waals surface area contributed by atoms with Gasteiger partial charge in [0.25, 0.3) is 0 Å². The summed E-state index contributed by atoms with van der Waals surface area (Å²) in [6.07, 6.45) is 30.6. The van der Waals surface area contributed by atoms with Crippen LogP contribution < -0.4 is 26.3 Å². The van der Waals surface area contributed by atoms with E-state index >= 15 is 0 Å². The summed E-state index contributed by atoms with van der Waals surface area (Å²) in [6.45, 7) is 10.8. The zero-order valence-corrected chi connectivity index (χ0v) is 37.3. The molecule has 0 aliphatic heterocycles. The molecule has 4 aliphatic carbocycles. The maximum Gasteiger partial charge on any atom is 0.220 e. The molecule has 4 aliphatic rings. The Morgan fingerprint density at radius 3 is 1.90 bits per heavy atom. The van der Waals surface area contributed by atoms with E-state index in [4.69, 9.17) is 20.9 Å². The van der Waals surface area contributed by atoms with Crippen molar-refractivity contribution in [3.8, 4) is 11.5 Å². The van der Waals surface area contributed by atoms with E-state index in [1.54, 1.807) is 0 Å². The number of hydrogen-bond acceptors (Lipinski definition) is 5. The van der Waals surface area contributed by atoms with Crippen LogP contribution >= 0.6 is 0 Å². The van der Waals surface area contributed by atoms with E-state index in [9.17, 15) is 4.79 Å². The fourth-order valence-corrected chi connectivity index (χ4v) is 13.2. The molecule has 2 aromatic carbocycles. The molecule has 4 saturated carbocycles. The molecule has 6 heteroatoms. The molecule has 0 aromatic heterocycles. The van der Waals surface area contributed by atoms with E-state index in [1.807, 2.05) is 42.5 Å². The summed E-state index contributed by atoms with van der Waals surface area (Å²) in [7, 11) is 0. The minimum Gasteiger partial charge on any atom is -0.490 e. The highest BCUT2D eigenvalue weighted by Crippen LogP contribution is 2.68. The van der Waals surface area contributed by atoms with Gasteiger partial charge in [0.15, 0.2) is 0 Å². The second kappa shape index (κ2) is 21.6. The van der Waals surface area contributed by atoms with Gasteiger partial charge in [0.2, 0.25) is 5.91 Å². The molecule has 324 valence electrons. The number of carbonyl (C=O) groups is 1. The Morgan fingerprint density at radius 2 is 1.28 bits per heavy atom. The molecule has 10 atom stereocenters. The van der Waals surface area contributed by atoms with Gasteiger partial charge in [-0.3, -0.25) is 4.79 Å². The molecule has 5 N–H and O–H groups in total. The van der Waals surface area contributed by atoms with Crippen molar-refractivity contribution in [3.63, 3.8) is 0 Å². The van der Waals surface area contributed by atoms with Crippen molar-refractivity contribution in [1.82, 2.24) is 5.32 Å². The SMILES string of the molecule is CCCCCCCCCCCCCCCCNC(=O)CC[C@@H](C)[C@H]1CC[C@H]2[C@@H]3CC(Oc4cccc(N)c4)C4CC(Oc5cccc(N)c5)CC[C@]4(C)[C@H]3CC[C@]12C. The molecule has 58 heavy (non-hydrogen) atoms. The van der Waals surface area contributed by atoms with E-state index in [0.29, 0.717) is 47.3 Å². The topological polar surface area (TPSA) is 99.6 Å². The molecule has 6 rings (SSSR count).